The monoisotopic (exact) mass is 574 g/mol. The molecule has 1 heterocycles. The fraction of sp³-hybridized carbons (Fsp3) is 0.167. The Hall–Kier alpha value is -5.44. The average Bonchev–Trinajstić information content (AvgIpc) is 3.35. The van der Waals surface area contributed by atoms with Crippen molar-refractivity contribution in [2.75, 3.05) is 4.90 Å². The molecule has 2 amide bonds. The van der Waals surface area contributed by atoms with Crippen molar-refractivity contribution in [1.82, 2.24) is 4.90 Å². The molecule has 1 aliphatic heterocycles. The third kappa shape index (κ3) is 5.08. The van der Waals surface area contributed by atoms with E-state index in [4.69, 9.17) is 4.74 Å². The van der Waals surface area contributed by atoms with Crippen LogP contribution in [0.15, 0.2) is 96.0 Å². The number of nitriles is 1. The molecule has 3 aromatic carbocycles. The molecule has 42 heavy (non-hydrogen) atoms. The van der Waals surface area contributed by atoms with Gasteiger partial charge in [-0.05, 0) is 67.4 Å². The summed E-state index contributed by atoms with van der Waals surface area (Å²) >= 11 is 0. The topological polar surface area (TPSA) is 117 Å². The summed E-state index contributed by atoms with van der Waals surface area (Å²) in [6.45, 7) is 1.57. The minimum Gasteiger partial charge on any atom is -0.441 e. The van der Waals surface area contributed by atoms with E-state index in [0.717, 1.165) is 17.0 Å². The number of nitro groups is 1. The number of carbonyl (C=O) groups excluding carboxylic acids is 2. The first kappa shape index (κ1) is 28.1. The molecule has 1 aliphatic carbocycles. The number of hydrogen-bond acceptors (Lipinski definition) is 6. The smallest absolute Gasteiger partial charge is 0.416 e. The van der Waals surface area contributed by atoms with Gasteiger partial charge in [-0.1, -0.05) is 18.2 Å². The Kier molecular flexibility index (Phi) is 7.26. The first-order valence-corrected chi connectivity index (χ1v) is 12.7. The number of allylic oxidation sites excluding steroid dienone is 2. The van der Waals surface area contributed by atoms with E-state index in [1.165, 1.54) is 59.5 Å². The molecule has 5 rings (SSSR count). The van der Waals surface area contributed by atoms with Gasteiger partial charge in [-0.3, -0.25) is 24.7 Å². The van der Waals surface area contributed by atoms with E-state index in [1.807, 2.05) is 6.07 Å². The molecule has 0 fully saturated rings. The van der Waals surface area contributed by atoms with Gasteiger partial charge < -0.3 is 4.74 Å². The second kappa shape index (κ2) is 10.9. The van der Waals surface area contributed by atoms with Crippen molar-refractivity contribution < 1.29 is 32.4 Å². The maximum atomic E-state index is 14.3. The number of Topliss-reactive ketones (excluding diaryl/α,β-unsaturated/α-hetero) is 1. The van der Waals surface area contributed by atoms with Crippen molar-refractivity contribution in [3.63, 3.8) is 0 Å². The molecule has 12 heteroatoms. The number of rotatable bonds is 6. The van der Waals surface area contributed by atoms with E-state index in [2.05, 4.69) is 0 Å². The Labute approximate surface area is 237 Å². The zero-order chi connectivity index (χ0) is 30.2. The number of alkyl halides is 3. The lowest BCUT2D eigenvalue weighted by atomic mass is 9.92. The maximum Gasteiger partial charge on any atom is 0.416 e. The predicted octanol–water partition coefficient (Wildman–Crippen LogP) is 7.03. The fourth-order valence-corrected chi connectivity index (χ4v) is 5.04. The van der Waals surface area contributed by atoms with Crippen molar-refractivity contribution in [3.05, 3.63) is 123 Å². The third-order valence-electron chi connectivity index (χ3n) is 6.94. The van der Waals surface area contributed by atoms with Crippen LogP contribution in [-0.4, -0.2) is 21.6 Å². The number of benzene rings is 3. The Morgan fingerprint density at radius 3 is 2.36 bits per heavy atom. The van der Waals surface area contributed by atoms with Gasteiger partial charge in [0, 0.05) is 29.8 Å². The molecule has 2 aliphatic rings. The van der Waals surface area contributed by atoms with Gasteiger partial charge in [-0.25, -0.2) is 4.79 Å². The summed E-state index contributed by atoms with van der Waals surface area (Å²) < 4.78 is 46.8. The first-order valence-electron chi connectivity index (χ1n) is 12.7. The quantitative estimate of drug-likeness (QED) is 0.177. The number of amides is 2. The van der Waals surface area contributed by atoms with Gasteiger partial charge in [0.2, 0.25) is 5.88 Å². The number of ether oxygens (including phenoxy) is 1. The zero-order valence-corrected chi connectivity index (χ0v) is 22.0. The normalized spacial score (nSPS) is 17.3. The lowest BCUT2D eigenvalue weighted by molar-refractivity contribution is -0.384. The van der Waals surface area contributed by atoms with Crippen LogP contribution in [-0.2, 0) is 11.0 Å². The molecule has 0 bridgehead atoms. The van der Waals surface area contributed by atoms with E-state index < -0.39 is 28.7 Å². The van der Waals surface area contributed by atoms with Crippen LogP contribution in [0.1, 0.15) is 42.5 Å². The predicted molar refractivity (Wildman–Crippen MR) is 144 cm³/mol. The average molecular weight is 575 g/mol. The molecule has 0 saturated carbocycles. The van der Waals surface area contributed by atoms with Crippen molar-refractivity contribution in [3.8, 4) is 11.8 Å². The molecule has 0 saturated heterocycles. The largest absolute Gasteiger partial charge is 0.441 e. The summed E-state index contributed by atoms with van der Waals surface area (Å²) in [6, 6.07) is 15.8. The molecule has 9 nitrogen and oxygen atoms in total. The van der Waals surface area contributed by atoms with Crippen LogP contribution in [0, 0.1) is 21.4 Å². The van der Waals surface area contributed by atoms with E-state index >= 15 is 0 Å². The minimum atomic E-state index is -4.67. The van der Waals surface area contributed by atoms with Crippen LogP contribution in [0.25, 0.3) is 0 Å². The number of carbonyl (C=O) groups is 2. The molecule has 0 aromatic heterocycles. The number of non-ortho nitro benzene ring substituents is 1. The summed E-state index contributed by atoms with van der Waals surface area (Å²) in [6.07, 6.45) is -3.05. The standard InChI is InChI=1S/C30H21F3N4O5/c1-2-26(42-23-12-10-21(11-13-23)37(40)41)36-28(19-8-6-18(17-34)7-9-19)27-24(14-15-25(27)38)35(29(36)39)22-5-3-4-20(16-22)30(31,32)33/h2-13,16,28H,14-15H2,1H3. The van der Waals surface area contributed by atoms with Crippen molar-refractivity contribution >= 4 is 23.2 Å². The van der Waals surface area contributed by atoms with Crippen LogP contribution in [0.4, 0.5) is 29.3 Å². The molecule has 212 valence electrons. The second-order valence-electron chi connectivity index (χ2n) is 9.44. The molecular weight excluding hydrogens is 553 g/mol. The van der Waals surface area contributed by atoms with Crippen LogP contribution in [0.2, 0.25) is 0 Å². The van der Waals surface area contributed by atoms with Gasteiger partial charge >= 0.3 is 12.2 Å². The van der Waals surface area contributed by atoms with E-state index in [1.54, 1.807) is 19.1 Å². The summed E-state index contributed by atoms with van der Waals surface area (Å²) in [5, 5.41) is 20.4. The summed E-state index contributed by atoms with van der Waals surface area (Å²) in [7, 11) is 0. The second-order valence-corrected chi connectivity index (χ2v) is 9.44. The van der Waals surface area contributed by atoms with E-state index in [9.17, 15) is 38.1 Å². The highest BCUT2D eigenvalue weighted by Gasteiger charge is 2.48. The van der Waals surface area contributed by atoms with E-state index in [0.29, 0.717) is 11.1 Å². The highest BCUT2D eigenvalue weighted by Crippen LogP contribution is 2.47. The molecule has 0 N–H and O–H groups in total. The summed E-state index contributed by atoms with van der Waals surface area (Å²) in [4.78, 5) is 40.5. The number of ketones is 1. The number of nitro benzene ring substituents is 1. The number of urea groups is 1. The lowest BCUT2D eigenvalue weighted by Crippen LogP contribution is -2.50. The summed E-state index contributed by atoms with van der Waals surface area (Å²) in [5.74, 6) is -0.214. The first-order chi connectivity index (χ1) is 20.0. The Morgan fingerprint density at radius 1 is 1.07 bits per heavy atom. The van der Waals surface area contributed by atoms with Crippen molar-refractivity contribution in [2.24, 2.45) is 0 Å². The maximum absolute atomic E-state index is 14.3. The fourth-order valence-electron chi connectivity index (χ4n) is 5.04. The van der Waals surface area contributed by atoms with Gasteiger partial charge in [0.05, 0.1) is 33.8 Å². The van der Waals surface area contributed by atoms with Gasteiger partial charge in [0.15, 0.2) is 5.78 Å². The van der Waals surface area contributed by atoms with Crippen molar-refractivity contribution in [1.29, 1.82) is 5.26 Å². The lowest BCUT2D eigenvalue weighted by Gasteiger charge is -2.42. The van der Waals surface area contributed by atoms with Crippen LogP contribution in [0.3, 0.4) is 0 Å². The van der Waals surface area contributed by atoms with Crippen LogP contribution < -0.4 is 9.64 Å². The Balaban J connectivity index is 1.68. The number of halogens is 3. The van der Waals surface area contributed by atoms with Crippen LogP contribution >= 0.6 is 0 Å². The highest BCUT2D eigenvalue weighted by atomic mass is 19.4. The molecule has 1 unspecified atom stereocenters. The molecule has 0 spiro atoms. The Morgan fingerprint density at radius 2 is 1.76 bits per heavy atom. The molecule has 3 aromatic rings. The highest BCUT2D eigenvalue weighted by molar-refractivity contribution is 6.08. The zero-order valence-electron chi connectivity index (χ0n) is 22.0. The molecule has 0 radical (unpaired) electrons. The molecule has 1 atom stereocenters. The van der Waals surface area contributed by atoms with Gasteiger partial charge in [0.1, 0.15) is 5.75 Å². The minimum absolute atomic E-state index is 0.0441. The SMILES string of the molecule is CC=C(Oc1ccc([N+](=O)[O-])cc1)N1C(=O)N(c2cccc(C(F)(F)F)c2)C2=C(C(=O)CC2)C1c1ccc(C#N)cc1. The van der Waals surface area contributed by atoms with Gasteiger partial charge in [-0.15, -0.1) is 0 Å². The Bertz CT molecular complexity index is 1690. The van der Waals surface area contributed by atoms with Gasteiger partial charge in [0.25, 0.3) is 5.69 Å². The number of nitrogens with zero attached hydrogens (tertiary/aromatic N) is 4. The number of hydrogen-bond donors (Lipinski definition) is 0. The summed E-state index contributed by atoms with van der Waals surface area (Å²) in [5.41, 5.74) is 0.0818. The number of anilines is 1. The molecular formula is C30H21F3N4O5. The van der Waals surface area contributed by atoms with Crippen LogP contribution in [0.5, 0.6) is 5.75 Å². The van der Waals surface area contributed by atoms with Gasteiger partial charge in [-0.2, -0.15) is 18.4 Å². The third-order valence-corrected chi connectivity index (χ3v) is 6.94. The van der Waals surface area contributed by atoms with Crippen molar-refractivity contribution in [2.45, 2.75) is 32.0 Å². The van der Waals surface area contributed by atoms with E-state index in [-0.39, 0.29) is 52.9 Å².